The topological polar surface area (TPSA) is 48.5 Å². The molecule has 0 aliphatic carbocycles. The SMILES string of the molecule is c1ccc(-c2cccc(-n3c4ccccc4c4ccc5c(ccn5-c5cccc(-c6nc(-c7ccccc7)nc(-c7ccccc7)n6)c5)c43)c2)cc1. The van der Waals surface area contributed by atoms with Crippen molar-refractivity contribution in [2.75, 3.05) is 0 Å². The lowest BCUT2D eigenvalue weighted by Gasteiger charge is -2.12. The molecule has 3 aromatic heterocycles. The molecule has 0 radical (unpaired) electrons. The fourth-order valence-corrected chi connectivity index (χ4v) is 7.36. The Morgan fingerprint density at radius 1 is 0.327 bits per heavy atom. The Labute approximate surface area is 300 Å². The minimum atomic E-state index is 0.631. The van der Waals surface area contributed by atoms with Gasteiger partial charge in [-0.05, 0) is 53.6 Å². The Bertz CT molecular complexity index is 2830. The number of rotatable bonds is 6. The zero-order chi connectivity index (χ0) is 34.4. The summed E-state index contributed by atoms with van der Waals surface area (Å²) in [6, 6.07) is 63.5. The molecule has 0 saturated heterocycles. The lowest BCUT2D eigenvalue weighted by molar-refractivity contribution is 1.07. The second-order valence-corrected chi connectivity index (χ2v) is 12.9. The van der Waals surface area contributed by atoms with E-state index in [9.17, 15) is 0 Å². The summed E-state index contributed by atoms with van der Waals surface area (Å²) in [6.07, 6.45) is 2.17. The molecule has 7 aromatic carbocycles. The highest BCUT2D eigenvalue weighted by atomic mass is 15.0. The first-order chi connectivity index (χ1) is 25.8. The molecule has 0 atom stereocenters. The average Bonchev–Trinajstić information content (AvgIpc) is 3.82. The van der Waals surface area contributed by atoms with Crippen molar-refractivity contribution in [1.29, 1.82) is 0 Å². The number of para-hydroxylation sites is 1. The molecule has 0 saturated carbocycles. The largest absolute Gasteiger partial charge is 0.316 e. The number of fused-ring (bicyclic) bond motifs is 5. The summed E-state index contributed by atoms with van der Waals surface area (Å²) in [7, 11) is 0. The maximum absolute atomic E-state index is 4.99. The van der Waals surface area contributed by atoms with Gasteiger partial charge < -0.3 is 9.13 Å². The standard InChI is InChI=1S/C47H31N5/c1-4-14-32(15-5-1)35-20-12-23-38(30-35)52-43-25-11-10-24-39(43)40-26-27-42-41(44(40)52)28-29-51(42)37-22-13-21-36(31-37)47-49-45(33-16-6-2-7-17-33)48-46(50-47)34-18-8-3-9-19-34/h1-31H. The minimum absolute atomic E-state index is 0.631. The van der Waals surface area contributed by atoms with Crippen molar-refractivity contribution in [3.8, 4) is 56.7 Å². The van der Waals surface area contributed by atoms with E-state index in [0.717, 1.165) is 33.6 Å². The van der Waals surface area contributed by atoms with Gasteiger partial charge in [0.1, 0.15) is 0 Å². The molecule has 5 heteroatoms. The molecule has 0 fully saturated rings. The first-order valence-corrected chi connectivity index (χ1v) is 17.5. The molecule has 0 bridgehead atoms. The molecule has 0 N–H and O–H groups in total. The highest BCUT2D eigenvalue weighted by molar-refractivity contribution is 6.18. The quantitative estimate of drug-likeness (QED) is 0.178. The smallest absolute Gasteiger partial charge is 0.164 e. The predicted molar refractivity (Wildman–Crippen MR) is 213 cm³/mol. The van der Waals surface area contributed by atoms with Gasteiger partial charge in [0.25, 0.3) is 0 Å². The maximum Gasteiger partial charge on any atom is 0.164 e. The fraction of sp³-hybridized carbons (Fsp3) is 0. The van der Waals surface area contributed by atoms with Crippen LogP contribution in [0, 0.1) is 0 Å². The molecule has 0 aliphatic rings. The molecule has 0 aliphatic heterocycles. The van der Waals surface area contributed by atoms with Crippen LogP contribution in [0.5, 0.6) is 0 Å². The van der Waals surface area contributed by atoms with E-state index < -0.39 is 0 Å². The summed E-state index contributed by atoms with van der Waals surface area (Å²) in [4.78, 5) is 14.9. The van der Waals surface area contributed by atoms with Gasteiger partial charge in [-0.2, -0.15) is 0 Å². The van der Waals surface area contributed by atoms with Crippen LogP contribution in [-0.4, -0.2) is 24.1 Å². The van der Waals surface area contributed by atoms with E-state index in [4.69, 9.17) is 15.0 Å². The van der Waals surface area contributed by atoms with Crippen LogP contribution in [0.1, 0.15) is 0 Å². The second kappa shape index (κ2) is 12.3. The van der Waals surface area contributed by atoms with E-state index in [1.54, 1.807) is 0 Å². The van der Waals surface area contributed by atoms with Gasteiger partial charge in [0, 0.05) is 50.4 Å². The van der Waals surface area contributed by atoms with E-state index in [0.29, 0.717) is 17.5 Å². The van der Waals surface area contributed by atoms with Crippen molar-refractivity contribution in [2.24, 2.45) is 0 Å². The Morgan fingerprint density at radius 3 is 1.56 bits per heavy atom. The fourth-order valence-electron chi connectivity index (χ4n) is 7.36. The monoisotopic (exact) mass is 665 g/mol. The van der Waals surface area contributed by atoms with Crippen LogP contribution in [0.25, 0.3) is 89.4 Å². The maximum atomic E-state index is 4.99. The summed E-state index contributed by atoms with van der Waals surface area (Å²) in [5.41, 5.74) is 10.9. The third-order valence-electron chi connectivity index (χ3n) is 9.80. The Kier molecular flexibility index (Phi) is 7.07. The van der Waals surface area contributed by atoms with Crippen LogP contribution in [-0.2, 0) is 0 Å². The molecular weight excluding hydrogens is 635 g/mol. The van der Waals surface area contributed by atoms with Crippen molar-refractivity contribution < 1.29 is 0 Å². The molecule has 0 unspecified atom stereocenters. The van der Waals surface area contributed by atoms with Crippen molar-refractivity contribution >= 4 is 32.7 Å². The number of nitrogens with zero attached hydrogens (tertiary/aromatic N) is 5. The van der Waals surface area contributed by atoms with Crippen LogP contribution in [0.15, 0.2) is 188 Å². The first-order valence-electron chi connectivity index (χ1n) is 17.5. The van der Waals surface area contributed by atoms with Gasteiger partial charge in [0.15, 0.2) is 17.5 Å². The minimum Gasteiger partial charge on any atom is -0.316 e. The molecule has 10 aromatic rings. The summed E-state index contributed by atoms with van der Waals surface area (Å²) in [5, 5.41) is 3.64. The zero-order valence-corrected chi connectivity index (χ0v) is 28.1. The van der Waals surface area contributed by atoms with Crippen molar-refractivity contribution in [1.82, 2.24) is 24.1 Å². The molecular formula is C47H31N5. The van der Waals surface area contributed by atoms with E-state index in [2.05, 4.69) is 137 Å². The molecule has 5 nitrogen and oxygen atoms in total. The summed E-state index contributed by atoms with van der Waals surface area (Å²) in [6.45, 7) is 0. The van der Waals surface area contributed by atoms with Crippen LogP contribution in [0.2, 0.25) is 0 Å². The summed E-state index contributed by atoms with van der Waals surface area (Å²) < 4.78 is 4.68. The van der Waals surface area contributed by atoms with Crippen LogP contribution in [0.3, 0.4) is 0 Å². The van der Waals surface area contributed by atoms with Crippen LogP contribution in [0.4, 0.5) is 0 Å². The Balaban J connectivity index is 1.13. The molecule has 52 heavy (non-hydrogen) atoms. The number of aromatic nitrogens is 5. The van der Waals surface area contributed by atoms with Crippen LogP contribution >= 0.6 is 0 Å². The normalized spacial score (nSPS) is 11.5. The summed E-state index contributed by atoms with van der Waals surface area (Å²) >= 11 is 0. The molecule has 10 rings (SSSR count). The van der Waals surface area contributed by atoms with E-state index in [1.165, 1.54) is 38.3 Å². The number of hydrogen-bond donors (Lipinski definition) is 0. The number of benzene rings is 7. The van der Waals surface area contributed by atoms with Gasteiger partial charge in [0.05, 0.1) is 16.6 Å². The van der Waals surface area contributed by atoms with E-state index >= 15 is 0 Å². The summed E-state index contributed by atoms with van der Waals surface area (Å²) in [5.74, 6) is 1.92. The lowest BCUT2D eigenvalue weighted by atomic mass is 10.1. The molecule has 3 heterocycles. The molecule has 244 valence electrons. The van der Waals surface area contributed by atoms with Crippen molar-refractivity contribution in [3.05, 3.63) is 188 Å². The van der Waals surface area contributed by atoms with Gasteiger partial charge in [-0.25, -0.2) is 15.0 Å². The highest BCUT2D eigenvalue weighted by Crippen LogP contribution is 2.38. The second-order valence-electron chi connectivity index (χ2n) is 12.9. The average molecular weight is 666 g/mol. The van der Waals surface area contributed by atoms with Crippen molar-refractivity contribution in [2.45, 2.75) is 0 Å². The third-order valence-corrected chi connectivity index (χ3v) is 9.80. The van der Waals surface area contributed by atoms with Gasteiger partial charge in [0.2, 0.25) is 0 Å². The van der Waals surface area contributed by atoms with E-state index in [-0.39, 0.29) is 0 Å². The van der Waals surface area contributed by atoms with Gasteiger partial charge >= 0.3 is 0 Å². The Morgan fingerprint density at radius 2 is 0.865 bits per heavy atom. The van der Waals surface area contributed by atoms with Crippen molar-refractivity contribution in [3.63, 3.8) is 0 Å². The van der Waals surface area contributed by atoms with E-state index in [1.807, 2.05) is 60.7 Å². The number of hydrogen-bond acceptors (Lipinski definition) is 3. The Hall–Kier alpha value is -7.11. The highest BCUT2D eigenvalue weighted by Gasteiger charge is 2.18. The first kappa shape index (κ1) is 29.8. The van der Waals surface area contributed by atoms with Gasteiger partial charge in [-0.3, -0.25) is 0 Å². The van der Waals surface area contributed by atoms with Crippen LogP contribution < -0.4 is 0 Å². The predicted octanol–water partition coefficient (Wildman–Crippen LogP) is 11.6. The molecule has 0 spiro atoms. The van der Waals surface area contributed by atoms with Gasteiger partial charge in [-0.15, -0.1) is 0 Å². The zero-order valence-electron chi connectivity index (χ0n) is 28.1. The third kappa shape index (κ3) is 5.07. The van der Waals surface area contributed by atoms with Gasteiger partial charge in [-0.1, -0.05) is 140 Å². The molecule has 0 amide bonds. The lowest BCUT2D eigenvalue weighted by Crippen LogP contribution is -2.01.